The fourth-order valence-corrected chi connectivity index (χ4v) is 3.62. The molecule has 0 aromatic carbocycles. The second kappa shape index (κ2) is 4.13. The van der Waals surface area contributed by atoms with Crippen LogP contribution in [0.15, 0.2) is 0 Å². The van der Waals surface area contributed by atoms with E-state index in [0.717, 1.165) is 36.8 Å². The Hall–Kier alpha value is -0.280. The maximum absolute atomic E-state index is 12.3. The Balaban J connectivity index is 0.000000902. The number of carbonyl (C=O) groups excluding carboxylic acids is 1. The molecule has 3 aliphatic carbocycles. The van der Waals surface area contributed by atoms with Crippen LogP contribution in [-0.4, -0.2) is 25.0 Å². The molecule has 0 aromatic heterocycles. The Morgan fingerprint density at radius 1 is 1.06 bits per heavy atom. The summed E-state index contributed by atoms with van der Waals surface area (Å²) in [6.07, 6.45) is 5.20. The van der Waals surface area contributed by atoms with Crippen LogP contribution < -0.4 is 10.6 Å². The zero-order valence-corrected chi connectivity index (χ0v) is 10.8. The van der Waals surface area contributed by atoms with E-state index in [2.05, 4.69) is 10.6 Å². The molecule has 0 bridgehead atoms. The van der Waals surface area contributed by atoms with Crippen molar-refractivity contribution >= 4 is 18.3 Å². The van der Waals surface area contributed by atoms with E-state index in [1.54, 1.807) is 0 Å². The number of nitrogens with one attached hydrogen (secondary N) is 2. The molecule has 4 rings (SSSR count). The number of hydrogen-bond donors (Lipinski definition) is 2. The van der Waals surface area contributed by atoms with Gasteiger partial charge in [0.1, 0.15) is 0 Å². The summed E-state index contributed by atoms with van der Waals surface area (Å²) in [7, 11) is 0. The molecule has 2 unspecified atom stereocenters. The third kappa shape index (κ3) is 2.08. The largest absolute Gasteiger partial charge is 0.352 e. The Kier molecular flexibility index (Phi) is 2.86. The van der Waals surface area contributed by atoms with Gasteiger partial charge in [0.15, 0.2) is 0 Å². The van der Waals surface area contributed by atoms with Crippen molar-refractivity contribution in [3.63, 3.8) is 0 Å². The lowest BCUT2D eigenvalue weighted by Crippen LogP contribution is -2.38. The molecule has 17 heavy (non-hydrogen) atoms. The highest BCUT2D eigenvalue weighted by Gasteiger charge is 2.55. The Bertz CT molecular complexity index is 305. The van der Waals surface area contributed by atoms with Gasteiger partial charge in [-0.3, -0.25) is 4.79 Å². The van der Waals surface area contributed by atoms with E-state index in [0.29, 0.717) is 17.9 Å². The van der Waals surface area contributed by atoms with Crippen molar-refractivity contribution in [3.05, 3.63) is 0 Å². The van der Waals surface area contributed by atoms with E-state index in [4.69, 9.17) is 0 Å². The van der Waals surface area contributed by atoms with Crippen LogP contribution in [0.3, 0.4) is 0 Å². The van der Waals surface area contributed by atoms with Gasteiger partial charge in [0.2, 0.25) is 5.91 Å². The predicted octanol–water partition coefficient (Wildman–Crippen LogP) is 1.18. The summed E-state index contributed by atoms with van der Waals surface area (Å²) in [5, 5.41) is 6.69. The van der Waals surface area contributed by atoms with Crippen LogP contribution in [0.25, 0.3) is 0 Å². The molecule has 3 saturated carbocycles. The number of amides is 1. The number of rotatable bonds is 4. The summed E-state index contributed by atoms with van der Waals surface area (Å²) in [5.41, 5.74) is 0. The monoisotopic (exact) mass is 256 g/mol. The van der Waals surface area contributed by atoms with E-state index < -0.39 is 0 Å². The molecule has 2 atom stereocenters. The van der Waals surface area contributed by atoms with Gasteiger partial charge in [-0.05, 0) is 49.4 Å². The minimum absolute atomic E-state index is 0. The number of halogens is 1. The van der Waals surface area contributed by atoms with Gasteiger partial charge in [-0.2, -0.15) is 0 Å². The summed E-state index contributed by atoms with van der Waals surface area (Å²) in [5.74, 6) is 3.76. The van der Waals surface area contributed by atoms with Crippen molar-refractivity contribution in [1.82, 2.24) is 10.6 Å². The standard InChI is InChI=1S/C13H20N2O.ClH/c16-13(11(7-1-2-7)8-3-4-8)15-12-9-5-14-6-10(9)12;/h7-12,14H,1-6H2,(H,15,16);1H. The van der Waals surface area contributed by atoms with E-state index in [1.807, 2.05) is 0 Å². The van der Waals surface area contributed by atoms with Crippen LogP contribution >= 0.6 is 12.4 Å². The molecule has 0 radical (unpaired) electrons. The molecule has 4 aliphatic rings. The summed E-state index contributed by atoms with van der Waals surface area (Å²) in [4.78, 5) is 12.3. The van der Waals surface area contributed by atoms with Crippen LogP contribution in [0, 0.1) is 29.6 Å². The lowest BCUT2D eigenvalue weighted by molar-refractivity contribution is -0.126. The van der Waals surface area contributed by atoms with Crippen molar-refractivity contribution in [3.8, 4) is 0 Å². The molecule has 4 heteroatoms. The lowest BCUT2D eigenvalue weighted by Gasteiger charge is -2.16. The van der Waals surface area contributed by atoms with Gasteiger partial charge in [-0.1, -0.05) is 0 Å². The van der Waals surface area contributed by atoms with Crippen molar-refractivity contribution < 1.29 is 4.79 Å². The minimum atomic E-state index is 0. The highest BCUT2D eigenvalue weighted by atomic mass is 35.5. The summed E-state index contributed by atoms with van der Waals surface area (Å²) < 4.78 is 0. The van der Waals surface area contributed by atoms with Gasteiger partial charge >= 0.3 is 0 Å². The first-order valence-corrected chi connectivity index (χ1v) is 6.85. The average Bonchev–Trinajstić information content (AvgIpc) is 3.16. The quantitative estimate of drug-likeness (QED) is 0.793. The summed E-state index contributed by atoms with van der Waals surface area (Å²) in [6.45, 7) is 2.24. The highest BCUT2D eigenvalue weighted by molar-refractivity contribution is 5.85. The molecule has 1 amide bonds. The maximum Gasteiger partial charge on any atom is 0.223 e. The Morgan fingerprint density at radius 3 is 2.06 bits per heavy atom. The number of fused-ring (bicyclic) bond motifs is 1. The zero-order chi connectivity index (χ0) is 10.7. The molecule has 3 nitrogen and oxygen atoms in total. The van der Waals surface area contributed by atoms with Crippen LogP contribution in [-0.2, 0) is 4.79 Å². The Morgan fingerprint density at radius 2 is 1.59 bits per heavy atom. The third-order valence-corrected chi connectivity index (χ3v) is 4.96. The van der Waals surface area contributed by atoms with Crippen LogP contribution in [0.5, 0.6) is 0 Å². The number of hydrogen-bond acceptors (Lipinski definition) is 2. The lowest BCUT2D eigenvalue weighted by atomic mass is 9.97. The average molecular weight is 257 g/mol. The van der Waals surface area contributed by atoms with Crippen LogP contribution in [0.4, 0.5) is 0 Å². The smallest absolute Gasteiger partial charge is 0.223 e. The molecule has 96 valence electrons. The van der Waals surface area contributed by atoms with Gasteiger partial charge in [0.05, 0.1) is 0 Å². The van der Waals surface area contributed by atoms with E-state index in [1.165, 1.54) is 25.7 Å². The van der Waals surface area contributed by atoms with E-state index >= 15 is 0 Å². The molecule has 1 heterocycles. The maximum atomic E-state index is 12.3. The number of carbonyl (C=O) groups is 1. The van der Waals surface area contributed by atoms with Crippen molar-refractivity contribution in [2.45, 2.75) is 31.7 Å². The van der Waals surface area contributed by atoms with Crippen LogP contribution in [0.2, 0.25) is 0 Å². The second-order valence-electron chi connectivity index (χ2n) is 6.22. The first-order valence-electron chi connectivity index (χ1n) is 6.85. The first-order chi connectivity index (χ1) is 7.84. The zero-order valence-electron chi connectivity index (χ0n) is 10.0. The highest BCUT2D eigenvalue weighted by Crippen LogP contribution is 2.50. The van der Waals surface area contributed by atoms with Gasteiger partial charge < -0.3 is 10.6 Å². The third-order valence-electron chi connectivity index (χ3n) is 4.96. The van der Waals surface area contributed by atoms with Crippen LogP contribution in [0.1, 0.15) is 25.7 Å². The second-order valence-corrected chi connectivity index (χ2v) is 6.22. The molecule has 2 N–H and O–H groups in total. The fraction of sp³-hybridized carbons (Fsp3) is 0.923. The fourth-order valence-electron chi connectivity index (χ4n) is 3.62. The summed E-state index contributed by atoms with van der Waals surface area (Å²) in [6, 6.07) is 0.522. The molecular weight excluding hydrogens is 236 g/mol. The molecular formula is C13H21ClN2O. The summed E-state index contributed by atoms with van der Waals surface area (Å²) >= 11 is 0. The SMILES string of the molecule is Cl.O=C(NC1C2CNCC21)C(C1CC1)C1CC1. The van der Waals surface area contributed by atoms with Gasteiger partial charge in [-0.25, -0.2) is 0 Å². The predicted molar refractivity (Wildman–Crippen MR) is 68.0 cm³/mol. The van der Waals surface area contributed by atoms with Crippen molar-refractivity contribution in [2.24, 2.45) is 29.6 Å². The van der Waals surface area contributed by atoms with Gasteiger partial charge in [0, 0.05) is 25.0 Å². The van der Waals surface area contributed by atoms with Crippen molar-refractivity contribution in [1.29, 1.82) is 0 Å². The van der Waals surface area contributed by atoms with E-state index in [-0.39, 0.29) is 12.4 Å². The van der Waals surface area contributed by atoms with E-state index in [9.17, 15) is 4.79 Å². The van der Waals surface area contributed by atoms with Gasteiger partial charge in [-0.15, -0.1) is 12.4 Å². The number of piperidine rings is 1. The van der Waals surface area contributed by atoms with Crippen molar-refractivity contribution in [2.75, 3.05) is 13.1 Å². The molecule has 0 aromatic rings. The van der Waals surface area contributed by atoms with Gasteiger partial charge in [0.25, 0.3) is 0 Å². The normalized spacial score (nSPS) is 38.5. The Labute approximate surface area is 109 Å². The minimum Gasteiger partial charge on any atom is -0.352 e. The molecule has 1 saturated heterocycles. The topological polar surface area (TPSA) is 41.1 Å². The molecule has 0 spiro atoms. The molecule has 1 aliphatic heterocycles. The molecule has 4 fully saturated rings. The first kappa shape index (κ1) is 11.8.